The maximum atomic E-state index is 5.39. The molecule has 0 aromatic rings. The summed E-state index contributed by atoms with van der Waals surface area (Å²) in [4.78, 5) is 2.61. The Kier molecular flexibility index (Phi) is 6.32. The van der Waals surface area contributed by atoms with Crippen molar-refractivity contribution >= 4 is 0 Å². The Bertz CT molecular complexity index is 187. The van der Waals surface area contributed by atoms with Crippen LogP contribution in [0.1, 0.15) is 33.6 Å². The minimum absolute atomic E-state index is 0.688. The van der Waals surface area contributed by atoms with Crippen LogP contribution in [-0.4, -0.2) is 50.3 Å². The van der Waals surface area contributed by atoms with Crippen LogP contribution in [0.2, 0.25) is 0 Å². The van der Waals surface area contributed by atoms with Crippen molar-refractivity contribution in [3.63, 3.8) is 0 Å². The smallest absolute Gasteiger partial charge is 0.0478 e. The molecule has 3 atom stereocenters. The predicted molar refractivity (Wildman–Crippen MR) is 68.8 cm³/mol. The lowest BCUT2D eigenvalue weighted by atomic mass is 9.87. The molecule has 1 N–H and O–H groups in total. The predicted octanol–water partition coefficient (Wildman–Crippen LogP) is 1.73. The average molecular weight is 228 g/mol. The summed E-state index contributed by atoms with van der Waals surface area (Å²) in [7, 11) is 2.08. The summed E-state index contributed by atoms with van der Waals surface area (Å²) in [5.74, 6) is 0.742. The Hall–Kier alpha value is -0.120. The Morgan fingerprint density at radius 2 is 2.12 bits per heavy atom. The lowest BCUT2D eigenvalue weighted by molar-refractivity contribution is 0.0711. The highest BCUT2D eigenvalue weighted by molar-refractivity contribution is 4.87. The minimum atomic E-state index is 0.688. The van der Waals surface area contributed by atoms with E-state index in [0.717, 1.165) is 25.6 Å². The molecule has 3 unspecified atom stereocenters. The zero-order valence-corrected chi connectivity index (χ0v) is 11.3. The van der Waals surface area contributed by atoms with E-state index in [-0.39, 0.29) is 0 Å². The van der Waals surface area contributed by atoms with Gasteiger partial charge >= 0.3 is 0 Å². The second-order valence-electron chi connectivity index (χ2n) is 4.87. The van der Waals surface area contributed by atoms with Gasteiger partial charge in [-0.15, -0.1) is 0 Å². The largest absolute Gasteiger partial charge is 0.382 e. The summed E-state index contributed by atoms with van der Waals surface area (Å²) in [6.45, 7) is 10.9. The van der Waals surface area contributed by atoms with Gasteiger partial charge < -0.3 is 15.0 Å². The fourth-order valence-corrected chi connectivity index (χ4v) is 2.68. The summed E-state index contributed by atoms with van der Waals surface area (Å²) in [6, 6.07) is 1.38. The van der Waals surface area contributed by atoms with Gasteiger partial charge in [-0.05, 0) is 46.2 Å². The van der Waals surface area contributed by atoms with E-state index in [2.05, 4.69) is 38.0 Å². The van der Waals surface area contributed by atoms with Crippen molar-refractivity contribution in [3.05, 3.63) is 0 Å². The van der Waals surface area contributed by atoms with Crippen LogP contribution in [0.5, 0.6) is 0 Å². The van der Waals surface area contributed by atoms with Crippen molar-refractivity contribution < 1.29 is 4.74 Å². The van der Waals surface area contributed by atoms with E-state index in [9.17, 15) is 0 Å². The van der Waals surface area contributed by atoms with Gasteiger partial charge in [0.05, 0.1) is 0 Å². The second-order valence-corrected chi connectivity index (χ2v) is 4.87. The molecule has 0 spiro atoms. The Balaban J connectivity index is 2.28. The van der Waals surface area contributed by atoms with Crippen LogP contribution in [0.4, 0.5) is 0 Å². The topological polar surface area (TPSA) is 24.5 Å². The molecule has 3 nitrogen and oxygen atoms in total. The molecule has 16 heavy (non-hydrogen) atoms. The molecule has 0 aromatic heterocycles. The Morgan fingerprint density at radius 1 is 1.38 bits per heavy atom. The van der Waals surface area contributed by atoms with Gasteiger partial charge in [-0.3, -0.25) is 0 Å². The van der Waals surface area contributed by atoms with Crippen molar-refractivity contribution in [1.29, 1.82) is 0 Å². The number of hydrogen-bond acceptors (Lipinski definition) is 3. The van der Waals surface area contributed by atoms with Crippen LogP contribution in [0.15, 0.2) is 0 Å². The van der Waals surface area contributed by atoms with Gasteiger partial charge in [0.2, 0.25) is 0 Å². The van der Waals surface area contributed by atoms with Crippen LogP contribution in [0.3, 0.4) is 0 Å². The Labute approximate surface area is 101 Å². The zero-order chi connectivity index (χ0) is 12.0. The number of hydrogen-bond donors (Lipinski definition) is 1. The highest BCUT2D eigenvalue weighted by Gasteiger charge is 2.30. The molecule has 3 heteroatoms. The molecular formula is C13H28N2O. The van der Waals surface area contributed by atoms with Gasteiger partial charge in [0.15, 0.2) is 0 Å². The molecule has 0 radical (unpaired) electrons. The minimum Gasteiger partial charge on any atom is -0.382 e. The highest BCUT2D eigenvalue weighted by Crippen LogP contribution is 2.23. The van der Waals surface area contributed by atoms with E-state index < -0.39 is 0 Å². The number of nitrogens with zero attached hydrogens (tertiary/aromatic N) is 1. The van der Waals surface area contributed by atoms with E-state index in [1.54, 1.807) is 0 Å². The standard InChI is InChI=1S/C13H28N2O/c1-5-16-10-6-8-15-9-7-13(14-4)11(2)12(15)3/h11-14H,5-10H2,1-4H3. The van der Waals surface area contributed by atoms with E-state index in [1.165, 1.54) is 19.5 Å². The summed E-state index contributed by atoms with van der Waals surface area (Å²) < 4.78 is 5.39. The van der Waals surface area contributed by atoms with Gasteiger partial charge in [0.25, 0.3) is 0 Å². The molecule has 1 rings (SSSR count). The lowest BCUT2D eigenvalue weighted by Crippen LogP contribution is -2.52. The maximum Gasteiger partial charge on any atom is 0.0478 e. The molecule has 1 heterocycles. The first-order chi connectivity index (χ1) is 7.70. The van der Waals surface area contributed by atoms with Crippen molar-refractivity contribution in [3.8, 4) is 0 Å². The van der Waals surface area contributed by atoms with Gasteiger partial charge in [0.1, 0.15) is 0 Å². The van der Waals surface area contributed by atoms with E-state index in [0.29, 0.717) is 12.1 Å². The van der Waals surface area contributed by atoms with Crippen LogP contribution in [0, 0.1) is 5.92 Å². The number of likely N-dealkylation sites (tertiary alicyclic amines) is 1. The van der Waals surface area contributed by atoms with Crippen LogP contribution in [-0.2, 0) is 4.74 Å². The van der Waals surface area contributed by atoms with Crippen molar-refractivity contribution in [2.75, 3.05) is 33.4 Å². The number of piperidine rings is 1. The highest BCUT2D eigenvalue weighted by atomic mass is 16.5. The fourth-order valence-electron chi connectivity index (χ4n) is 2.68. The molecule has 0 bridgehead atoms. The normalized spacial score (nSPS) is 31.9. The van der Waals surface area contributed by atoms with Crippen LogP contribution >= 0.6 is 0 Å². The van der Waals surface area contributed by atoms with E-state index in [4.69, 9.17) is 4.74 Å². The van der Waals surface area contributed by atoms with Crippen LogP contribution < -0.4 is 5.32 Å². The van der Waals surface area contributed by atoms with Gasteiger partial charge in [-0.2, -0.15) is 0 Å². The zero-order valence-electron chi connectivity index (χ0n) is 11.3. The molecule has 1 aliphatic rings. The fraction of sp³-hybridized carbons (Fsp3) is 1.00. The van der Waals surface area contributed by atoms with E-state index >= 15 is 0 Å². The first kappa shape index (κ1) is 13.9. The Morgan fingerprint density at radius 3 is 2.75 bits per heavy atom. The molecule has 0 aliphatic carbocycles. The molecule has 0 saturated carbocycles. The summed E-state index contributed by atoms with van der Waals surface area (Å²) in [5.41, 5.74) is 0. The summed E-state index contributed by atoms with van der Waals surface area (Å²) in [6.07, 6.45) is 2.44. The third-order valence-electron chi connectivity index (χ3n) is 4.01. The van der Waals surface area contributed by atoms with Crippen molar-refractivity contribution in [2.24, 2.45) is 5.92 Å². The monoisotopic (exact) mass is 228 g/mol. The summed E-state index contributed by atoms with van der Waals surface area (Å²) in [5, 5.41) is 3.43. The van der Waals surface area contributed by atoms with E-state index in [1.807, 2.05) is 0 Å². The SMILES string of the molecule is CCOCCCN1CCC(NC)C(C)C1C. The molecule has 1 aliphatic heterocycles. The maximum absolute atomic E-state index is 5.39. The van der Waals surface area contributed by atoms with Gasteiger partial charge in [-0.25, -0.2) is 0 Å². The van der Waals surface area contributed by atoms with Gasteiger partial charge in [-0.1, -0.05) is 6.92 Å². The van der Waals surface area contributed by atoms with Crippen LogP contribution in [0.25, 0.3) is 0 Å². The molecule has 1 saturated heterocycles. The molecular weight excluding hydrogens is 200 g/mol. The van der Waals surface area contributed by atoms with Gasteiger partial charge in [0, 0.05) is 31.8 Å². The summed E-state index contributed by atoms with van der Waals surface area (Å²) >= 11 is 0. The molecule has 96 valence electrons. The number of nitrogens with one attached hydrogen (secondary N) is 1. The molecule has 0 aromatic carbocycles. The molecule has 1 fully saturated rings. The third-order valence-corrected chi connectivity index (χ3v) is 4.01. The average Bonchev–Trinajstić information content (AvgIpc) is 2.30. The third kappa shape index (κ3) is 3.72. The lowest BCUT2D eigenvalue weighted by Gasteiger charge is -2.42. The number of ether oxygens (including phenoxy) is 1. The molecule has 0 amide bonds. The van der Waals surface area contributed by atoms with Crippen molar-refractivity contribution in [2.45, 2.75) is 45.7 Å². The first-order valence-corrected chi connectivity index (χ1v) is 6.69. The second kappa shape index (κ2) is 7.25. The quantitative estimate of drug-likeness (QED) is 0.701. The number of rotatable bonds is 6. The van der Waals surface area contributed by atoms with Crippen molar-refractivity contribution in [1.82, 2.24) is 10.2 Å². The first-order valence-electron chi connectivity index (χ1n) is 6.69.